The Balaban J connectivity index is 1.70. The van der Waals surface area contributed by atoms with Crippen LogP contribution in [0.15, 0.2) is 36.4 Å². The molecule has 0 unspecified atom stereocenters. The summed E-state index contributed by atoms with van der Waals surface area (Å²) >= 11 is 6.72. The smallest absolute Gasteiger partial charge is 0.275 e. The Morgan fingerprint density at radius 2 is 2.06 bits per heavy atom. The number of rotatable bonds is 3. The molecule has 5 rings (SSSR count). The zero-order chi connectivity index (χ0) is 24.9. The lowest BCUT2D eigenvalue weighted by atomic mass is 10.1. The van der Waals surface area contributed by atoms with Gasteiger partial charge in [-0.2, -0.15) is 14.8 Å². The number of fused-ring (bicyclic) bond motifs is 1. The number of amides is 1. The molecule has 1 aliphatic heterocycles. The number of nitrogens with two attached hydrogens (primary N) is 1. The Kier molecular flexibility index (Phi) is 5.75. The predicted octanol–water partition coefficient (Wildman–Crippen LogP) is 3.79. The summed E-state index contributed by atoms with van der Waals surface area (Å²) < 4.78 is 31.7. The maximum atomic E-state index is 14.6. The minimum atomic E-state index is -0.737. The number of aromatic nitrogens is 4. The molecule has 2 aromatic heterocycles. The zero-order valence-corrected chi connectivity index (χ0v) is 19.4. The fourth-order valence-corrected chi connectivity index (χ4v) is 4.65. The van der Waals surface area contributed by atoms with Gasteiger partial charge >= 0.3 is 0 Å². The van der Waals surface area contributed by atoms with E-state index in [-0.39, 0.29) is 33.7 Å². The van der Waals surface area contributed by atoms with Gasteiger partial charge in [0.05, 0.1) is 16.5 Å². The highest BCUT2D eigenvalue weighted by Crippen LogP contribution is 2.33. The maximum Gasteiger partial charge on any atom is 0.275 e. The van der Waals surface area contributed by atoms with Crippen molar-refractivity contribution in [2.75, 3.05) is 13.1 Å². The van der Waals surface area contributed by atoms with Gasteiger partial charge in [0.2, 0.25) is 5.95 Å². The molecule has 3 heterocycles. The number of benzene rings is 2. The third-order valence-electron chi connectivity index (χ3n) is 6.12. The Morgan fingerprint density at radius 3 is 2.77 bits per heavy atom. The fourth-order valence-electron chi connectivity index (χ4n) is 4.35. The van der Waals surface area contributed by atoms with Gasteiger partial charge in [0.15, 0.2) is 5.69 Å². The van der Waals surface area contributed by atoms with Crippen LogP contribution in [0.4, 0.5) is 8.78 Å². The van der Waals surface area contributed by atoms with Gasteiger partial charge < -0.3 is 10.6 Å². The number of hydrogen-bond donors (Lipinski definition) is 1. The van der Waals surface area contributed by atoms with E-state index in [1.54, 1.807) is 29.2 Å². The molecule has 0 radical (unpaired) electrons. The molecule has 8 nitrogen and oxygen atoms in total. The summed E-state index contributed by atoms with van der Waals surface area (Å²) in [5.74, 6) is -1.50. The molecule has 1 atom stereocenters. The molecule has 35 heavy (non-hydrogen) atoms. The number of aryl methyl sites for hydroxylation is 1. The van der Waals surface area contributed by atoms with Crippen molar-refractivity contribution in [1.29, 1.82) is 5.26 Å². The van der Waals surface area contributed by atoms with Crippen LogP contribution in [-0.4, -0.2) is 49.3 Å². The molecular weight excluding hydrogens is 476 g/mol. The van der Waals surface area contributed by atoms with Crippen molar-refractivity contribution in [2.24, 2.45) is 12.8 Å². The SMILES string of the molecule is Cn1nc2ccc(-n3c(-c4ccc(C#N)c(F)c4)nc(C(=O)N4CCC[C@@H](N)C4)c3Cl)cc2c1F. The van der Waals surface area contributed by atoms with Gasteiger partial charge in [-0.1, -0.05) is 11.6 Å². The molecule has 178 valence electrons. The minimum Gasteiger partial charge on any atom is -0.336 e. The highest BCUT2D eigenvalue weighted by Gasteiger charge is 2.29. The first-order valence-electron chi connectivity index (χ1n) is 10.9. The number of nitriles is 1. The van der Waals surface area contributed by atoms with Crippen LogP contribution in [0.5, 0.6) is 0 Å². The minimum absolute atomic E-state index is 0.00226. The Bertz CT molecular complexity index is 1520. The predicted molar refractivity (Wildman–Crippen MR) is 126 cm³/mol. The number of nitrogens with zero attached hydrogens (tertiary/aromatic N) is 6. The summed E-state index contributed by atoms with van der Waals surface area (Å²) in [6, 6.07) is 10.5. The topological polar surface area (TPSA) is 106 Å². The summed E-state index contributed by atoms with van der Waals surface area (Å²) in [7, 11) is 1.49. The first kappa shape index (κ1) is 23.0. The van der Waals surface area contributed by atoms with Crippen LogP contribution in [0, 0.1) is 23.1 Å². The monoisotopic (exact) mass is 495 g/mol. The number of carbonyl (C=O) groups is 1. The van der Waals surface area contributed by atoms with Crippen LogP contribution in [0.2, 0.25) is 5.15 Å². The molecule has 2 aromatic carbocycles. The summed E-state index contributed by atoms with van der Waals surface area (Å²) in [6.45, 7) is 0.888. The lowest BCUT2D eigenvalue weighted by Crippen LogP contribution is -2.45. The Hall–Kier alpha value is -3.81. The Labute approximate surface area is 204 Å². The number of halogens is 3. The molecule has 1 aliphatic rings. The molecule has 0 saturated carbocycles. The van der Waals surface area contributed by atoms with Crippen molar-refractivity contribution in [3.8, 4) is 23.1 Å². The van der Waals surface area contributed by atoms with E-state index in [1.807, 2.05) is 0 Å². The van der Waals surface area contributed by atoms with E-state index in [0.29, 0.717) is 29.9 Å². The number of hydrogen-bond acceptors (Lipinski definition) is 5. The Morgan fingerprint density at radius 1 is 1.26 bits per heavy atom. The maximum absolute atomic E-state index is 14.6. The van der Waals surface area contributed by atoms with Gasteiger partial charge in [0.25, 0.3) is 5.91 Å². The number of piperidine rings is 1. The van der Waals surface area contributed by atoms with E-state index in [9.17, 15) is 13.6 Å². The third kappa shape index (κ3) is 3.92. The van der Waals surface area contributed by atoms with Crippen LogP contribution >= 0.6 is 11.6 Å². The van der Waals surface area contributed by atoms with Crippen molar-refractivity contribution in [2.45, 2.75) is 18.9 Å². The van der Waals surface area contributed by atoms with Crippen molar-refractivity contribution < 1.29 is 13.6 Å². The highest BCUT2D eigenvalue weighted by atomic mass is 35.5. The lowest BCUT2D eigenvalue weighted by molar-refractivity contribution is 0.0703. The van der Waals surface area contributed by atoms with Gasteiger partial charge in [-0.05, 0) is 49.2 Å². The molecule has 0 aliphatic carbocycles. The lowest BCUT2D eigenvalue weighted by Gasteiger charge is -2.30. The average molecular weight is 496 g/mol. The van der Waals surface area contributed by atoms with Crippen molar-refractivity contribution in [3.63, 3.8) is 0 Å². The van der Waals surface area contributed by atoms with E-state index < -0.39 is 17.7 Å². The van der Waals surface area contributed by atoms with Crippen LogP contribution in [0.25, 0.3) is 28.0 Å². The van der Waals surface area contributed by atoms with Gasteiger partial charge in [-0.25, -0.2) is 14.1 Å². The summed E-state index contributed by atoms with van der Waals surface area (Å²) in [4.78, 5) is 19.4. The second-order valence-corrected chi connectivity index (χ2v) is 8.84. The van der Waals surface area contributed by atoms with E-state index in [2.05, 4.69) is 10.1 Å². The van der Waals surface area contributed by atoms with Crippen molar-refractivity contribution >= 4 is 28.4 Å². The van der Waals surface area contributed by atoms with Crippen LogP contribution in [0.3, 0.4) is 0 Å². The molecule has 1 fully saturated rings. The second-order valence-electron chi connectivity index (χ2n) is 8.49. The van der Waals surface area contributed by atoms with Crippen LogP contribution in [-0.2, 0) is 7.05 Å². The number of likely N-dealkylation sites (tertiary alicyclic amines) is 1. The van der Waals surface area contributed by atoms with E-state index in [0.717, 1.165) is 23.6 Å². The first-order valence-corrected chi connectivity index (χ1v) is 11.3. The molecule has 11 heteroatoms. The molecule has 2 N–H and O–H groups in total. The molecular formula is C24H20ClF2N7O. The van der Waals surface area contributed by atoms with E-state index in [1.165, 1.54) is 23.7 Å². The largest absolute Gasteiger partial charge is 0.336 e. The quantitative estimate of drug-likeness (QED) is 0.465. The average Bonchev–Trinajstić information content (AvgIpc) is 3.34. The fraction of sp³-hybridized carbons (Fsp3) is 0.250. The van der Waals surface area contributed by atoms with Crippen molar-refractivity contribution in [1.82, 2.24) is 24.2 Å². The first-order chi connectivity index (χ1) is 16.8. The van der Waals surface area contributed by atoms with Gasteiger partial charge in [0.1, 0.15) is 22.9 Å². The van der Waals surface area contributed by atoms with Crippen LogP contribution < -0.4 is 5.73 Å². The summed E-state index contributed by atoms with van der Waals surface area (Å²) in [5, 5.41) is 13.5. The third-order valence-corrected chi connectivity index (χ3v) is 6.47. The molecule has 0 spiro atoms. The molecule has 4 aromatic rings. The normalized spacial score (nSPS) is 16.0. The molecule has 1 saturated heterocycles. The van der Waals surface area contributed by atoms with Crippen molar-refractivity contribution in [3.05, 3.63) is 64.6 Å². The molecule has 1 amide bonds. The summed E-state index contributed by atoms with van der Waals surface area (Å²) in [6.07, 6.45) is 1.58. The highest BCUT2D eigenvalue weighted by molar-refractivity contribution is 6.33. The second kappa shape index (κ2) is 8.76. The standard InChI is InChI=1S/C24H20ClF2N7O/c1-32-22(27)17-10-16(6-7-19(17)31-32)34-21(25)20(24(35)33-8-2-3-15(29)12-33)30-23(34)13-4-5-14(11-28)18(26)9-13/h4-7,9-10,15H,2-3,8,12,29H2,1H3/t15-/m1/s1. The van der Waals surface area contributed by atoms with Gasteiger partial charge in [-0.3, -0.25) is 9.36 Å². The zero-order valence-electron chi connectivity index (χ0n) is 18.7. The molecule has 0 bridgehead atoms. The van der Waals surface area contributed by atoms with Gasteiger partial charge in [-0.15, -0.1) is 0 Å². The van der Waals surface area contributed by atoms with E-state index in [4.69, 9.17) is 22.6 Å². The van der Waals surface area contributed by atoms with Gasteiger partial charge in [0, 0.05) is 37.4 Å². The number of imidazole rings is 1. The van der Waals surface area contributed by atoms with E-state index >= 15 is 0 Å². The van der Waals surface area contributed by atoms with Crippen LogP contribution in [0.1, 0.15) is 28.9 Å². The number of carbonyl (C=O) groups excluding carboxylic acids is 1. The summed E-state index contributed by atoms with van der Waals surface area (Å²) in [5.41, 5.74) is 7.04.